The highest BCUT2D eigenvalue weighted by molar-refractivity contribution is 6.29. The summed E-state index contributed by atoms with van der Waals surface area (Å²) in [6.45, 7) is 1.37. The van der Waals surface area contributed by atoms with Gasteiger partial charge in [-0.05, 0) is 6.07 Å². The third-order valence-electron chi connectivity index (χ3n) is 2.25. The summed E-state index contributed by atoms with van der Waals surface area (Å²) >= 11 is 5.63. The summed E-state index contributed by atoms with van der Waals surface area (Å²) in [7, 11) is 1.55. The molecule has 0 atom stereocenters. The fourth-order valence-electron chi connectivity index (χ4n) is 1.33. The van der Waals surface area contributed by atoms with Crippen molar-refractivity contribution in [2.75, 3.05) is 33.5 Å². The lowest BCUT2D eigenvalue weighted by Crippen LogP contribution is -2.28. The second kappa shape index (κ2) is 8.41. The number of carbonyl (C=O) groups excluding carboxylic acids is 1. The minimum absolute atomic E-state index is 0.0112. The van der Waals surface area contributed by atoms with Crippen molar-refractivity contribution in [2.24, 2.45) is 0 Å². The van der Waals surface area contributed by atoms with Gasteiger partial charge in [-0.3, -0.25) is 14.9 Å². The molecule has 20 heavy (non-hydrogen) atoms. The number of amides is 1. The molecule has 1 rings (SSSR count). The minimum Gasteiger partial charge on any atom is -0.382 e. The van der Waals surface area contributed by atoms with Crippen molar-refractivity contribution < 1.29 is 19.2 Å². The van der Waals surface area contributed by atoms with Crippen LogP contribution < -0.4 is 5.32 Å². The van der Waals surface area contributed by atoms with Crippen molar-refractivity contribution >= 4 is 23.2 Å². The van der Waals surface area contributed by atoms with E-state index in [1.54, 1.807) is 7.11 Å². The zero-order valence-corrected chi connectivity index (χ0v) is 11.6. The fraction of sp³-hybridized carbons (Fsp3) is 0.455. The molecule has 9 heteroatoms. The lowest BCUT2D eigenvalue weighted by molar-refractivity contribution is -0.385. The standard InChI is InChI=1S/C11H14ClN3O5/c1-19-4-5-20-3-2-13-11(16)8-6-10(12)14-7-9(8)15(17)18/h6-7H,2-5H2,1H3,(H,13,16). The first kappa shape index (κ1) is 16.3. The molecule has 1 amide bonds. The molecule has 0 aliphatic carbocycles. The lowest BCUT2D eigenvalue weighted by atomic mass is 10.2. The van der Waals surface area contributed by atoms with Crippen LogP contribution in [0.2, 0.25) is 5.15 Å². The zero-order chi connectivity index (χ0) is 15.0. The van der Waals surface area contributed by atoms with Crippen molar-refractivity contribution in [3.63, 3.8) is 0 Å². The molecule has 0 bridgehead atoms. The topological polar surface area (TPSA) is 104 Å². The molecule has 1 aromatic heterocycles. The van der Waals surface area contributed by atoms with E-state index < -0.39 is 16.5 Å². The van der Waals surface area contributed by atoms with E-state index in [0.29, 0.717) is 13.2 Å². The van der Waals surface area contributed by atoms with Gasteiger partial charge in [0.2, 0.25) is 0 Å². The minimum atomic E-state index is -0.687. The molecule has 0 aromatic carbocycles. The number of rotatable bonds is 8. The summed E-state index contributed by atoms with van der Waals surface area (Å²) in [6, 6.07) is 1.15. The van der Waals surface area contributed by atoms with Crippen LogP contribution in [0.4, 0.5) is 5.69 Å². The SMILES string of the molecule is COCCOCCNC(=O)c1cc(Cl)ncc1[N+](=O)[O-]. The Labute approximate surface area is 120 Å². The highest BCUT2D eigenvalue weighted by Gasteiger charge is 2.20. The van der Waals surface area contributed by atoms with Gasteiger partial charge in [0.25, 0.3) is 11.6 Å². The van der Waals surface area contributed by atoms with E-state index in [0.717, 1.165) is 12.3 Å². The molecular weight excluding hydrogens is 290 g/mol. The predicted octanol–water partition coefficient (Wildman–Crippen LogP) is 1.04. The zero-order valence-electron chi connectivity index (χ0n) is 10.8. The number of carbonyl (C=O) groups is 1. The van der Waals surface area contributed by atoms with Gasteiger partial charge in [-0.2, -0.15) is 0 Å². The van der Waals surface area contributed by atoms with Gasteiger partial charge in [-0.25, -0.2) is 4.98 Å². The van der Waals surface area contributed by atoms with E-state index >= 15 is 0 Å². The van der Waals surface area contributed by atoms with Crippen LogP contribution in [-0.2, 0) is 9.47 Å². The normalized spacial score (nSPS) is 10.3. The molecule has 0 fully saturated rings. The Morgan fingerprint density at radius 3 is 2.90 bits per heavy atom. The molecule has 1 aromatic rings. The number of hydrogen-bond acceptors (Lipinski definition) is 6. The van der Waals surface area contributed by atoms with Gasteiger partial charge in [0.15, 0.2) is 0 Å². The van der Waals surface area contributed by atoms with E-state index in [2.05, 4.69) is 10.3 Å². The summed E-state index contributed by atoms with van der Waals surface area (Å²) < 4.78 is 9.93. The predicted molar refractivity (Wildman–Crippen MR) is 70.9 cm³/mol. The van der Waals surface area contributed by atoms with E-state index in [4.69, 9.17) is 21.1 Å². The Morgan fingerprint density at radius 1 is 1.50 bits per heavy atom. The van der Waals surface area contributed by atoms with E-state index in [1.165, 1.54) is 0 Å². The third kappa shape index (κ3) is 5.08. The maximum atomic E-state index is 11.8. The van der Waals surface area contributed by atoms with Crippen molar-refractivity contribution in [1.82, 2.24) is 10.3 Å². The number of ether oxygens (including phenoxy) is 2. The van der Waals surface area contributed by atoms with Crippen LogP contribution in [-0.4, -0.2) is 49.3 Å². The first-order valence-corrected chi connectivity index (χ1v) is 6.09. The molecule has 0 unspecified atom stereocenters. The Hall–Kier alpha value is -1.77. The monoisotopic (exact) mass is 303 g/mol. The van der Waals surface area contributed by atoms with Crippen molar-refractivity contribution in [2.45, 2.75) is 0 Å². The number of nitrogens with one attached hydrogen (secondary N) is 1. The second-order valence-electron chi connectivity index (χ2n) is 3.64. The van der Waals surface area contributed by atoms with Gasteiger partial charge < -0.3 is 14.8 Å². The molecule has 0 aliphatic rings. The Balaban J connectivity index is 2.54. The second-order valence-corrected chi connectivity index (χ2v) is 4.03. The van der Waals surface area contributed by atoms with E-state index in [1.807, 2.05) is 0 Å². The van der Waals surface area contributed by atoms with Gasteiger partial charge in [-0.1, -0.05) is 11.6 Å². The van der Waals surface area contributed by atoms with Gasteiger partial charge in [0.1, 0.15) is 16.9 Å². The average molecular weight is 304 g/mol. The van der Waals surface area contributed by atoms with E-state index in [9.17, 15) is 14.9 Å². The molecule has 0 saturated heterocycles. The molecular formula is C11H14ClN3O5. The maximum Gasteiger partial charge on any atom is 0.300 e. The van der Waals surface area contributed by atoms with E-state index in [-0.39, 0.29) is 23.9 Å². The fourth-order valence-corrected chi connectivity index (χ4v) is 1.48. The van der Waals surface area contributed by atoms with Gasteiger partial charge in [-0.15, -0.1) is 0 Å². The number of nitro groups is 1. The molecule has 0 spiro atoms. The molecule has 8 nitrogen and oxygen atoms in total. The number of hydrogen-bond donors (Lipinski definition) is 1. The first-order valence-electron chi connectivity index (χ1n) is 5.71. The third-order valence-corrected chi connectivity index (χ3v) is 2.46. The number of halogens is 1. The molecule has 0 aliphatic heterocycles. The Bertz CT molecular complexity index is 483. The number of nitrogens with zero attached hydrogens (tertiary/aromatic N) is 2. The number of methoxy groups -OCH3 is 1. The number of aromatic nitrogens is 1. The van der Waals surface area contributed by atoms with Gasteiger partial charge >= 0.3 is 0 Å². The maximum absolute atomic E-state index is 11.8. The van der Waals surface area contributed by atoms with Crippen LogP contribution in [0.5, 0.6) is 0 Å². The van der Waals surface area contributed by atoms with Crippen molar-refractivity contribution in [1.29, 1.82) is 0 Å². The Kier molecular flexibility index (Phi) is 6.85. The van der Waals surface area contributed by atoms with Gasteiger partial charge in [0.05, 0.1) is 24.7 Å². The van der Waals surface area contributed by atoms with Crippen molar-refractivity contribution in [3.8, 4) is 0 Å². The molecule has 110 valence electrons. The summed E-state index contributed by atoms with van der Waals surface area (Å²) in [6.07, 6.45) is 0.951. The van der Waals surface area contributed by atoms with Crippen LogP contribution >= 0.6 is 11.6 Å². The number of pyridine rings is 1. The van der Waals surface area contributed by atoms with Crippen LogP contribution in [0.1, 0.15) is 10.4 Å². The van der Waals surface area contributed by atoms with Crippen LogP contribution in [0.3, 0.4) is 0 Å². The quantitative estimate of drug-likeness (QED) is 0.333. The van der Waals surface area contributed by atoms with Crippen LogP contribution in [0, 0.1) is 10.1 Å². The Morgan fingerprint density at radius 2 is 2.25 bits per heavy atom. The molecule has 1 N–H and O–H groups in total. The van der Waals surface area contributed by atoms with Crippen LogP contribution in [0.25, 0.3) is 0 Å². The average Bonchev–Trinajstić information content (AvgIpc) is 2.42. The van der Waals surface area contributed by atoms with Crippen molar-refractivity contribution in [3.05, 3.63) is 33.1 Å². The van der Waals surface area contributed by atoms with Crippen LogP contribution in [0.15, 0.2) is 12.3 Å². The summed E-state index contributed by atoms with van der Waals surface area (Å²) in [5.74, 6) is -0.601. The lowest BCUT2D eigenvalue weighted by Gasteiger charge is -2.06. The van der Waals surface area contributed by atoms with Gasteiger partial charge in [0, 0.05) is 13.7 Å². The largest absolute Gasteiger partial charge is 0.382 e. The summed E-state index contributed by atoms with van der Waals surface area (Å²) in [5.41, 5.74) is -0.529. The highest BCUT2D eigenvalue weighted by Crippen LogP contribution is 2.19. The smallest absolute Gasteiger partial charge is 0.300 e. The summed E-state index contributed by atoms with van der Waals surface area (Å²) in [4.78, 5) is 25.5. The first-order chi connectivity index (χ1) is 9.56. The highest BCUT2D eigenvalue weighted by atomic mass is 35.5. The molecule has 1 heterocycles. The summed E-state index contributed by atoms with van der Waals surface area (Å²) in [5, 5.41) is 13.3. The molecule has 0 saturated carbocycles. The molecule has 0 radical (unpaired) electrons.